The van der Waals surface area contributed by atoms with Gasteiger partial charge in [-0.1, -0.05) is 72.8 Å². The summed E-state index contributed by atoms with van der Waals surface area (Å²) in [5.74, 6) is 0.540. The number of aliphatic imine (C=N–C) groups is 1. The van der Waals surface area contributed by atoms with E-state index in [2.05, 4.69) is 15.5 Å². The Hall–Kier alpha value is -5.90. The van der Waals surface area contributed by atoms with E-state index >= 15 is 0 Å². The summed E-state index contributed by atoms with van der Waals surface area (Å²) in [7, 11) is 1.58. The van der Waals surface area contributed by atoms with Gasteiger partial charge in [0.25, 0.3) is 5.91 Å². The van der Waals surface area contributed by atoms with Crippen LogP contribution in [0, 0.1) is 0 Å². The Bertz CT molecular complexity index is 1890. The lowest BCUT2D eigenvalue weighted by Crippen LogP contribution is -2.37. The van der Waals surface area contributed by atoms with Crippen LogP contribution in [0.2, 0.25) is 0 Å². The number of rotatable bonds is 7. The molecule has 0 aliphatic carbocycles. The van der Waals surface area contributed by atoms with Gasteiger partial charge in [-0.2, -0.15) is 10.2 Å². The molecule has 3 aromatic carbocycles. The largest absolute Gasteiger partial charge is 0.497 e. The standard InChI is InChI=1S/C33H26N6O4/c1-21-28(32(42)38-17-25(19-40)29(36-38)22-9-5-3-6-10-22)31(24-13-15-27(43-2)16-14-24)35-33(34-21)39-18-26(20-41)30(37-39)23-11-7-4-8-12-23/h3-20,31H,1-2H3,(H,34,35). The van der Waals surface area contributed by atoms with E-state index in [1.54, 1.807) is 32.4 Å². The quantitative estimate of drug-likeness (QED) is 0.267. The summed E-state index contributed by atoms with van der Waals surface area (Å²) in [5, 5.41) is 12.4. The van der Waals surface area contributed by atoms with Gasteiger partial charge in [0.05, 0.1) is 23.8 Å². The molecule has 1 unspecified atom stereocenters. The summed E-state index contributed by atoms with van der Waals surface area (Å²) < 4.78 is 8.01. The Morgan fingerprint density at radius 3 is 1.98 bits per heavy atom. The van der Waals surface area contributed by atoms with E-state index < -0.39 is 11.9 Å². The maximum atomic E-state index is 14.1. The fourth-order valence-corrected chi connectivity index (χ4v) is 5.00. The van der Waals surface area contributed by atoms with Crippen LogP contribution in [0.3, 0.4) is 0 Å². The number of nitrogens with zero attached hydrogens (tertiary/aromatic N) is 5. The molecule has 0 fully saturated rings. The first kappa shape index (κ1) is 27.3. The number of aldehydes is 2. The molecule has 1 aliphatic heterocycles. The van der Waals surface area contributed by atoms with E-state index in [0.717, 1.165) is 23.0 Å². The zero-order valence-corrected chi connectivity index (χ0v) is 23.3. The van der Waals surface area contributed by atoms with Crippen molar-refractivity contribution in [1.29, 1.82) is 0 Å². The van der Waals surface area contributed by atoms with Crippen LogP contribution >= 0.6 is 0 Å². The molecular formula is C33H26N6O4. The predicted octanol–water partition coefficient (Wildman–Crippen LogP) is 5.21. The molecule has 2 aromatic heterocycles. The highest BCUT2D eigenvalue weighted by molar-refractivity contribution is 6.01. The zero-order valence-electron chi connectivity index (χ0n) is 23.3. The molecule has 43 heavy (non-hydrogen) atoms. The fourth-order valence-electron chi connectivity index (χ4n) is 5.00. The topological polar surface area (TPSA) is 120 Å². The Balaban J connectivity index is 1.44. The van der Waals surface area contributed by atoms with Crippen molar-refractivity contribution in [3.63, 3.8) is 0 Å². The van der Waals surface area contributed by atoms with Crippen LogP contribution < -0.4 is 10.1 Å². The van der Waals surface area contributed by atoms with E-state index in [9.17, 15) is 14.4 Å². The molecule has 0 amide bonds. The molecule has 1 N–H and O–H groups in total. The van der Waals surface area contributed by atoms with E-state index in [4.69, 9.17) is 9.73 Å². The van der Waals surface area contributed by atoms with Gasteiger partial charge in [0.1, 0.15) is 23.2 Å². The molecule has 6 rings (SSSR count). The number of carbonyl (C=O) groups excluding carboxylic acids is 3. The highest BCUT2D eigenvalue weighted by atomic mass is 16.5. The van der Waals surface area contributed by atoms with E-state index in [0.29, 0.717) is 46.2 Å². The van der Waals surface area contributed by atoms with Crippen molar-refractivity contribution in [2.24, 2.45) is 4.99 Å². The Morgan fingerprint density at radius 2 is 1.40 bits per heavy atom. The maximum Gasteiger partial charge on any atom is 0.278 e. The SMILES string of the molecule is COc1ccc(C2N=C(n3cc(C=O)c(-c4ccccc4)n3)NC(C)=C2C(=O)n2cc(C=O)c(-c3ccccc3)n2)cc1. The number of hydrogen-bond acceptors (Lipinski definition) is 8. The number of methoxy groups -OCH3 is 1. The minimum absolute atomic E-state index is 0.290. The van der Waals surface area contributed by atoms with Crippen molar-refractivity contribution in [3.05, 3.63) is 125 Å². The molecule has 1 atom stereocenters. The summed E-state index contributed by atoms with van der Waals surface area (Å²) in [4.78, 5) is 42.9. The highest BCUT2D eigenvalue weighted by Crippen LogP contribution is 2.34. The minimum Gasteiger partial charge on any atom is -0.497 e. The lowest BCUT2D eigenvalue weighted by atomic mass is 9.95. The number of benzene rings is 3. The third-order valence-corrected chi connectivity index (χ3v) is 7.15. The number of allylic oxidation sites excluding steroid dienone is 1. The van der Waals surface area contributed by atoms with E-state index in [1.807, 2.05) is 72.8 Å². The second kappa shape index (κ2) is 11.5. The molecule has 1 aliphatic rings. The molecule has 212 valence electrons. The first-order valence-electron chi connectivity index (χ1n) is 13.5. The molecular weight excluding hydrogens is 544 g/mol. The molecule has 0 saturated heterocycles. The third-order valence-electron chi connectivity index (χ3n) is 7.15. The van der Waals surface area contributed by atoms with Gasteiger partial charge in [-0.15, -0.1) is 0 Å². The van der Waals surface area contributed by atoms with Crippen molar-refractivity contribution >= 4 is 24.4 Å². The van der Waals surface area contributed by atoms with Crippen molar-refractivity contribution in [2.75, 3.05) is 7.11 Å². The number of aromatic nitrogens is 4. The zero-order chi connectivity index (χ0) is 29.9. The molecule has 10 nitrogen and oxygen atoms in total. The number of ether oxygens (including phenoxy) is 1. The van der Waals surface area contributed by atoms with Crippen LogP contribution in [0.25, 0.3) is 22.5 Å². The summed E-state index contributed by atoms with van der Waals surface area (Å²) in [6.07, 6.45) is 4.46. The monoisotopic (exact) mass is 570 g/mol. The summed E-state index contributed by atoms with van der Waals surface area (Å²) in [5.41, 5.74) is 4.68. The van der Waals surface area contributed by atoms with Crippen molar-refractivity contribution in [1.82, 2.24) is 24.9 Å². The predicted molar refractivity (Wildman–Crippen MR) is 161 cm³/mol. The summed E-state index contributed by atoms with van der Waals surface area (Å²) >= 11 is 0. The van der Waals surface area contributed by atoms with Crippen LogP contribution in [0.15, 0.2) is 114 Å². The van der Waals surface area contributed by atoms with Crippen LogP contribution in [-0.4, -0.2) is 51.1 Å². The van der Waals surface area contributed by atoms with Crippen molar-refractivity contribution in [3.8, 4) is 28.3 Å². The lowest BCUT2D eigenvalue weighted by molar-refractivity contribution is 0.0931. The van der Waals surface area contributed by atoms with Crippen LogP contribution in [0.5, 0.6) is 5.75 Å². The molecule has 10 heteroatoms. The van der Waals surface area contributed by atoms with Crippen LogP contribution in [-0.2, 0) is 0 Å². The van der Waals surface area contributed by atoms with Crippen LogP contribution in [0.1, 0.15) is 44.0 Å². The van der Waals surface area contributed by atoms with Crippen LogP contribution in [0.4, 0.5) is 0 Å². The smallest absolute Gasteiger partial charge is 0.278 e. The van der Waals surface area contributed by atoms with E-state index in [1.165, 1.54) is 15.6 Å². The highest BCUT2D eigenvalue weighted by Gasteiger charge is 2.32. The van der Waals surface area contributed by atoms with Gasteiger partial charge in [-0.05, 0) is 24.6 Å². The van der Waals surface area contributed by atoms with Gasteiger partial charge in [0.15, 0.2) is 12.6 Å². The third kappa shape index (κ3) is 5.17. The van der Waals surface area contributed by atoms with Gasteiger partial charge >= 0.3 is 0 Å². The van der Waals surface area contributed by atoms with Gasteiger partial charge < -0.3 is 10.1 Å². The lowest BCUT2D eigenvalue weighted by Gasteiger charge is -2.26. The van der Waals surface area contributed by atoms with Gasteiger partial charge in [0.2, 0.25) is 5.96 Å². The Labute approximate surface area is 247 Å². The first-order valence-corrected chi connectivity index (χ1v) is 13.5. The number of nitrogens with one attached hydrogen (secondary N) is 1. The van der Waals surface area contributed by atoms with E-state index in [-0.39, 0.29) is 5.56 Å². The molecule has 0 radical (unpaired) electrons. The second-order valence-corrected chi connectivity index (χ2v) is 9.82. The first-order chi connectivity index (χ1) is 21.0. The molecule has 0 bridgehead atoms. The van der Waals surface area contributed by atoms with Crippen molar-refractivity contribution in [2.45, 2.75) is 13.0 Å². The maximum absolute atomic E-state index is 14.1. The second-order valence-electron chi connectivity index (χ2n) is 9.82. The average Bonchev–Trinajstić information content (AvgIpc) is 3.70. The molecule has 0 spiro atoms. The Kier molecular flexibility index (Phi) is 7.32. The number of hydrogen-bond donors (Lipinski definition) is 1. The van der Waals surface area contributed by atoms with Gasteiger partial charge in [-0.3, -0.25) is 14.4 Å². The normalized spacial score (nSPS) is 14.6. The summed E-state index contributed by atoms with van der Waals surface area (Å²) in [6.45, 7) is 1.77. The van der Waals surface area contributed by atoms with Crippen molar-refractivity contribution < 1.29 is 19.1 Å². The average molecular weight is 571 g/mol. The Morgan fingerprint density at radius 1 is 0.814 bits per heavy atom. The molecule has 0 saturated carbocycles. The van der Waals surface area contributed by atoms with Gasteiger partial charge in [0, 0.05) is 29.2 Å². The van der Waals surface area contributed by atoms with Gasteiger partial charge in [-0.25, -0.2) is 14.4 Å². The molecule has 3 heterocycles. The fraction of sp³-hybridized carbons (Fsp3) is 0.0909. The molecule has 5 aromatic rings. The minimum atomic E-state index is -0.761. The number of carbonyl (C=O) groups is 3. The summed E-state index contributed by atoms with van der Waals surface area (Å²) in [6, 6.07) is 25.1.